The quantitative estimate of drug-likeness (QED) is 0.216. The van der Waals surface area contributed by atoms with Gasteiger partial charge in [-0.3, -0.25) is 9.59 Å². The maximum Gasteiger partial charge on any atom is 0.295 e. The molecular weight excluding hydrogens is 481 g/mol. The Morgan fingerprint density at radius 2 is 1.74 bits per heavy atom. The third-order valence-corrected chi connectivity index (χ3v) is 6.07. The summed E-state index contributed by atoms with van der Waals surface area (Å²) in [5.74, 6) is -1.70. The summed E-state index contributed by atoms with van der Waals surface area (Å²) in [6.45, 7) is 4.55. The van der Waals surface area contributed by atoms with Crippen LogP contribution < -0.4 is 9.47 Å². The summed E-state index contributed by atoms with van der Waals surface area (Å²) in [7, 11) is 2.77. The number of Topliss-reactive ketones (excluding diaryl/α,β-unsaturated/α-hetero) is 1. The summed E-state index contributed by atoms with van der Waals surface area (Å²) in [6.07, 6.45) is 0.579. The zero-order valence-electron chi connectivity index (χ0n) is 19.4. The molecule has 0 saturated carbocycles. The smallest absolute Gasteiger partial charge is 0.295 e. The summed E-state index contributed by atoms with van der Waals surface area (Å²) < 4.78 is 16.2. The van der Waals surface area contributed by atoms with E-state index in [1.807, 2.05) is 19.9 Å². The fourth-order valence-electron chi connectivity index (χ4n) is 3.94. The molecule has 9 heteroatoms. The number of ether oxygens (including phenoxy) is 3. The summed E-state index contributed by atoms with van der Waals surface area (Å²) in [5, 5.41) is 11.5. The third-order valence-electron chi connectivity index (χ3n) is 5.44. The first kappa shape index (κ1) is 25.9. The van der Waals surface area contributed by atoms with Gasteiger partial charge in [0, 0.05) is 13.2 Å². The van der Waals surface area contributed by atoms with Gasteiger partial charge in [-0.1, -0.05) is 53.5 Å². The van der Waals surface area contributed by atoms with E-state index < -0.39 is 23.5 Å². The number of nitrogens with zero attached hydrogens (tertiary/aromatic N) is 1. The Kier molecular flexibility index (Phi) is 8.47. The highest BCUT2D eigenvalue weighted by molar-refractivity contribution is 6.47. The fourth-order valence-corrected chi connectivity index (χ4v) is 4.63. The van der Waals surface area contributed by atoms with E-state index in [4.69, 9.17) is 37.4 Å². The van der Waals surface area contributed by atoms with Crippen LogP contribution in [0.3, 0.4) is 0 Å². The highest BCUT2D eigenvalue weighted by atomic mass is 35.5. The summed E-state index contributed by atoms with van der Waals surface area (Å²) >= 11 is 12.7. The molecule has 1 heterocycles. The molecule has 1 fully saturated rings. The number of rotatable bonds is 9. The van der Waals surface area contributed by atoms with Crippen LogP contribution in [0.5, 0.6) is 11.5 Å². The van der Waals surface area contributed by atoms with Crippen molar-refractivity contribution >= 4 is 40.7 Å². The van der Waals surface area contributed by atoms with Crippen LogP contribution >= 0.6 is 23.2 Å². The number of ketones is 1. The second-order valence-electron chi connectivity index (χ2n) is 7.96. The van der Waals surface area contributed by atoms with Crippen molar-refractivity contribution in [2.75, 3.05) is 27.4 Å². The van der Waals surface area contributed by atoms with Gasteiger partial charge in [0.05, 0.1) is 42.5 Å². The fraction of sp³-hybridized carbons (Fsp3) is 0.360. The highest BCUT2D eigenvalue weighted by Crippen LogP contribution is 2.47. The Labute approximate surface area is 208 Å². The molecule has 1 aliphatic heterocycles. The van der Waals surface area contributed by atoms with E-state index in [0.717, 1.165) is 0 Å². The number of carbonyl (C=O) groups excluding carboxylic acids is 2. The second kappa shape index (κ2) is 11.1. The molecule has 7 nitrogen and oxygen atoms in total. The van der Waals surface area contributed by atoms with Gasteiger partial charge < -0.3 is 24.2 Å². The van der Waals surface area contributed by atoms with Crippen LogP contribution in [0.4, 0.5) is 0 Å². The van der Waals surface area contributed by atoms with Gasteiger partial charge in [-0.15, -0.1) is 0 Å². The van der Waals surface area contributed by atoms with Crippen LogP contribution in [0.25, 0.3) is 5.76 Å². The molecule has 1 atom stereocenters. The highest BCUT2D eigenvalue weighted by Gasteiger charge is 2.46. The lowest BCUT2D eigenvalue weighted by Gasteiger charge is -2.25. The SMILES string of the molecule is COc1c(Cl)cc(/C(O)=C2\C(=O)C(=O)N(CCCOC(C)C)C2c2ccccc2)c(OC)c1Cl. The summed E-state index contributed by atoms with van der Waals surface area (Å²) in [4.78, 5) is 27.7. The molecule has 1 N–H and O–H groups in total. The maximum absolute atomic E-state index is 13.2. The number of benzene rings is 2. The Bertz CT molecular complexity index is 1100. The predicted octanol–water partition coefficient (Wildman–Crippen LogP) is 5.25. The molecule has 0 aliphatic carbocycles. The minimum atomic E-state index is -0.804. The Morgan fingerprint density at radius 3 is 2.32 bits per heavy atom. The van der Waals surface area contributed by atoms with Crippen LogP contribution in [0.15, 0.2) is 42.0 Å². The lowest BCUT2D eigenvalue weighted by molar-refractivity contribution is -0.140. The van der Waals surface area contributed by atoms with Gasteiger partial charge in [0.2, 0.25) is 0 Å². The molecule has 2 aromatic rings. The normalized spacial score (nSPS) is 17.5. The molecule has 0 aromatic heterocycles. The molecule has 1 unspecified atom stereocenters. The van der Waals surface area contributed by atoms with Gasteiger partial charge in [0.25, 0.3) is 11.7 Å². The molecule has 34 heavy (non-hydrogen) atoms. The Balaban J connectivity index is 2.15. The van der Waals surface area contributed by atoms with Crippen molar-refractivity contribution in [3.8, 4) is 11.5 Å². The molecular formula is C25H27Cl2NO6. The van der Waals surface area contributed by atoms with E-state index in [1.165, 1.54) is 25.2 Å². The van der Waals surface area contributed by atoms with Crippen LogP contribution in [0.1, 0.15) is 37.4 Å². The lowest BCUT2D eigenvalue weighted by Crippen LogP contribution is -2.31. The topological polar surface area (TPSA) is 85.3 Å². The van der Waals surface area contributed by atoms with E-state index in [0.29, 0.717) is 18.6 Å². The van der Waals surface area contributed by atoms with Crippen molar-refractivity contribution < 1.29 is 28.9 Å². The number of hydrogen-bond donors (Lipinski definition) is 1. The number of aliphatic hydroxyl groups is 1. The van der Waals surface area contributed by atoms with Crippen molar-refractivity contribution in [2.24, 2.45) is 0 Å². The average molecular weight is 508 g/mol. The molecule has 1 aliphatic rings. The van der Waals surface area contributed by atoms with Crippen molar-refractivity contribution in [1.29, 1.82) is 0 Å². The molecule has 1 amide bonds. The summed E-state index contributed by atoms with van der Waals surface area (Å²) in [5.41, 5.74) is 0.689. The van der Waals surface area contributed by atoms with Crippen LogP contribution in [-0.4, -0.2) is 55.2 Å². The minimum Gasteiger partial charge on any atom is -0.507 e. The van der Waals surface area contributed by atoms with Crippen molar-refractivity contribution in [3.63, 3.8) is 0 Å². The number of likely N-dealkylation sites (tertiary alicyclic amines) is 1. The Morgan fingerprint density at radius 1 is 1.09 bits per heavy atom. The van der Waals surface area contributed by atoms with Crippen LogP contribution in [0.2, 0.25) is 10.0 Å². The molecule has 182 valence electrons. The number of hydrogen-bond acceptors (Lipinski definition) is 6. The summed E-state index contributed by atoms with van der Waals surface area (Å²) in [6, 6.07) is 9.63. The molecule has 0 radical (unpaired) electrons. The number of methoxy groups -OCH3 is 2. The first-order valence-electron chi connectivity index (χ1n) is 10.8. The second-order valence-corrected chi connectivity index (χ2v) is 8.75. The number of carbonyl (C=O) groups is 2. The van der Waals surface area contributed by atoms with Gasteiger partial charge in [0.1, 0.15) is 10.8 Å². The van der Waals surface area contributed by atoms with Gasteiger partial charge in [-0.2, -0.15) is 0 Å². The van der Waals surface area contributed by atoms with Gasteiger partial charge >= 0.3 is 0 Å². The van der Waals surface area contributed by atoms with E-state index in [1.54, 1.807) is 24.3 Å². The Hall–Kier alpha value is -2.74. The number of aliphatic hydroxyl groups excluding tert-OH is 1. The van der Waals surface area contributed by atoms with E-state index in [9.17, 15) is 14.7 Å². The molecule has 2 aromatic carbocycles. The molecule has 0 bridgehead atoms. The average Bonchev–Trinajstić information content (AvgIpc) is 3.06. The van der Waals surface area contributed by atoms with Gasteiger partial charge in [0.15, 0.2) is 11.5 Å². The molecule has 3 rings (SSSR count). The van der Waals surface area contributed by atoms with Gasteiger partial charge in [-0.05, 0) is 31.9 Å². The van der Waals surface area contributed by atoms with E-state index in [2.05, 4.69) is 0 Å². The molecule has 0 spiro atoms. The first-order chi connectivity index (χ1) is 16.2. The minimum absolute atomic E-state index is 0.0374. The largest absolute Gasteiger partial charge is 0.507 e. The van der Waals surface area contributed by atoms with E-state index in [-0.39, 0.29) is 45.3 Å². The number of halogens is 2. The van der Waals surface area contributed by atoms with Crippen LogP contribution in [0, 0.1) is 0 Å². The predicted molar refractivity (Wildman–Crippen MR) is 131 cm³/mol. The van der Waals surface area contributed by atoms with E-state index >= 15 is 0 Å². The first-order valence-corrected chi connectivity index (χ1v) is 11.5. The zero-order valence-corrected chi connectivity index (χ0v) is 20.9. The standard InChI is InChI=1S/C25H27Cl2NO6/c1-14(2)34-12-8-11-28-20(15-9-6-5-7-10-15)18(22(30)25(28)31)21(29)16-13-17(26)24(33-4)19(27)23(16)32-3/h5-7,9-10,13-14,20,29H,8,11-12H2,1-4H3/b21-18+. The van der Waals surface area contributed by atoms with Gasteiger partial charge in [-0.25, -0.2) is 0 Å². The van der Waals surface area contributed by atoms with Crippen molar-refractivity contribution in [2.45, 2.75) is 32.4 Å². The maximum atomic E-state index is 13.2. The van der Waals surface area contributed by atoms with Crippen molar-refractivity contribution in [3.05, 3.63) is 63.1 Å². The monoisotopic (exact) mass is 507 g/mol. The number of amides is 1. The lowest BCUT2D eigenvalue weighted by atomic mass is 9.95. The molecule has 1 saturated heterocycles. The third kappa shape index (κ3) is 5.02. The van der Waals surface area contributed by atoms with Crippen molar-refractivity contribution in [1.82, 2.24) is 4.90 Å². The van der Waals surface area contributed by atoms with Crippen LogP contribution in [-0.2, 0) is 14.3 Å². The zero-order chi connectivity index (χ0) is 25.0.